The van der Waals surface area contributed by atoms with Crippen molar-refractivity contribution in [1.29, 1.82) is 0 Å². The third-order valence-electron chi connectivity index (χ3n) is 3.25. The summed E-state index contributed by atoms with van der Waals surface area (Å²) in [6.07, 6.45) is 0.503. The zero-order chi connectivity index (χ0) is 15.8. The van der Waals surface area contributed by atoms with Gasteiger partial charge >= 0.3 is 12.0 Å². The zero-order valence-corrected chi connectivity index (χ0v) is 12.7. The van der Waals surface area contributed by atoms with E-state index in [-0.39, 0.29) is 11.6 Å². The first-order chi connectivity index (χ1) is 9.97. The molecule has 1 aromatic rings. The van der Waals surface area contributed by atoms with Crippen LogP contribution in [-0.2, 0) is 11.2 Å². The van der Waals surface area contributed by atoms with Crippen molar-refractivity contribution in [1.82, 2.24) is 9.80 Å². The number of likely N-dealkylation sites (N-methyl/N-ethyl adjacent to an activating group) is 2. The number of carbonyl (C=O) groups excluding carboxylic acids is 1. The lowest BCUT2D eigenvalue weighted by Crippen LogP contribution is -2.41. The predicted octanol–water partition coefficient (Wildman–Crippen LogP) is 1.56. The molecular formula is C15H22N2O4. The summed E-state index contributed by atoms with van der Waals surface area (Å²) in [4.78, 5) is 26.3. The van der Waals surface area contributed by atoms with Crippen LogP contribution in [0.3, 0.4) is 0 Å². The highest BCUT2D eigenvalue weighted by molar-refractivity contribution is 5.89. The highest BCUT2D eigenvalue weighted by Gasteiger charge is 2.15. The van der Waals surface area contributed by atoms with Gasteiger partial charge in [-0.3, -0.25) is 0 Å². The van der Waals surface area contributed by atoms with Crippen molar-refractivity contribution in [2.45, 2.75) is 6.42 Å². The highest BCUT2D eigenvalue weighted by Crippen LogP contribution is 2.10. The second kappa shape index (κ2) is 8.26. The Morgan fingerprint density at radius 1 is 1.14 bits per heavy atom. The molecule has 0 heterocycles. The summed E-state index contributed by atoms with van der Waals surface area (Å²) >= 11 is 0. The number of carboxylic acid groups (broad SMARTS) is 1. The van der Waals surface area contributed by atoms with Gasteiger partial charge in [0.05, 0.1) is 12.2 Å². The smallest absolute Gasteiger partial charge is 0.335 e. The van der Waals surface area contributed by atoms with Crippen LogP contribution in [0.15, 0.2) is 24.3 Å². The Hall–Kier alpha value is -2.08. The third kappa shape index (κ3) is 5.07. The average Bonchev–Trinajstić information content (AvgIpc) is 2.49. The number of amides is 2. The maximum atomic E-state index is 12.1. The van der Waals surface area contributed by atoms with Crippen molar-refractivity contribution in [3.8, 4) is 0 Å². The number of methoxy groups -OCH3 is 1. The molecule has 1 aromatic carbocycles. The molecule has 0 unspecified atom stereocenters. The molecule has 0 aliphatic rings. The summed E-state index contributed by atoms with van der Waals surface area (Å²) in [5.41, 5.74) is 1.01. The van der Waals surface area contributed by atoms with Gasteiger partial charge in [-0.15, -0.1) is 0 Å². The van der Waals surface area contributed by atoms with Crippen LogP contribution in [0.1, 0.15) is 15.9 Å². The van der Waals surface area contributed by atoms with Gasteiger partial charge in [0.2, 0.25) is 0 Å². The van der Waals surface area contributed by atoms with Crippen molar-refractivity contribution in [3.63, 3.8) is 0 Å². The van der Waals surface area contributed by atoms with Crippen molar-refractivity contribution < 1.29 is 19.4 Å². The van der Waals surface area contributed by atoms with E-state index in [4.69, 9.17) is 9.84 Å². The first-order valence-corrected chi connectivity index (χ1v) is 6.73. The number of ether oxygens (including phenoxy) is 1. The van der Waals surface area contributed by atoms with Gasteiger partial charge in [-0.1, -0.05) is 18.2 Å². The van der Waals surface area contributed by atoms with E-state index in [9.17, 15) is 9.59 Å². The van der Waals surface area contributed by atoms with Crippen LogP contribution < -0.4 is 0 Å². The van der Waals surface area contributed by atoms with E-state index >= 15 is 0 Å². The van der Waals surface area contributed by atoms with Gasteiger partial charge in [0.15, 0.2) is 0 Å². The van der Waals surface area contributed by atoms with Crippen LogP contribution >= 0.6 is 0 Å². The molecular weight excluding hydrogens is 272 g/mol. The normalized spacial score (nSPS) is 10.2. The fraction of sp³-hybridized carbons (Fsp3) is 0.467. The lowest BCUT2D eigenvalue weighted by molar-refractivity contribution is 0.0695. The van der Waals surface area contributed by atoms with E-state index in [0.717, 1.165) is 5.56 Å². The van der Waals surface area contributed by atoms with Crippen LogP contribution in [-0.4, -0.2) is 67.8 Å². The molecule has 0 aliphatic heterocycles. The number of carbonyl (C=O) groups is 2. The minimum absolute atomic E-state index is 0.111. The van der Waals surface area contributed by atoms with Crippen LogP contribution in [0, 0.1) is 0 Å². The Morgan fingerprint density at radius 3 is 2.38 bits per heavy atom. The molecule has 0 aromatic heterocycles. The monoisotopic (exact) mass is 294 g/mol. The molecule has 1 rings (SSSR count). The SMILES string of the molecule is COCCN(C)C(=O)N(C)CCc1ccccc1C(=O)O. The number of hydrogen-bond acceptors (Lipinski definition) is 3. The molecule has 6 heteroatoms. The third-order valence-corrected chi connectivity index (χ3v) is 3.25. The van der Waals surface area contributed by atoms with E-state index in [0.29, 0.717) is 26.1 Å². The maximum Gasteiger partial charge on any atom is 0.335 e. The summed E-state index contributed by atoms with van der Waals surface area (Å²) in [5.74, 6) is -0.947. The minimum atomic E-state index is -0.947. The largest absolute Gasteiger partial charge is 0.478 e. The van der Waals surface area contributed by atoms with E-state index in [1.165, 1.54) is 0 Å². The predicted molar refractivity (Wildman–Crippen MR) is 79.6 cm³/mol. The lowest BCUT2D eigenvalue weighted by Gasteiger charge is -2.24. The molecule has 21 heavy (non-hydrogen) atoms. The molecule has 0 aliphatic carbocycles. The van der Waals surface area contributed by atoms with Gasteiger partial charge in [0.25, 0.3) is 0 Å². The molecule has 0 saturated heterocycles. The molecule has 2 amide bonds. The van der Waals surface area contributed by atoms with Gasteiger partial charge in [-0.25, -0.2) is 9.59 Å². The summed E-state index contributed by atoms with van der Waals surface area (Å²) in [7, 11) is 5.00. The summed E-state index contributed by atoms with van der Waals surface area (Å²) in [5, 5.41) is 9.12. The fourth-order valence-electron chi connectivity index (χ4n) is 1.95. The molecule has 0 saturated carbocycles. The Morgan fingerprint density at radius 2 is 1.76 bits per heavy atom. The standard InChI is InChI=1S/C15H22N2O4/c1-16(15(20)17(2)10-11-21-3)9-8-12-6-4-5-7-13(12)14(18)19/h4-7H,8-11H2,1-3H3,(H,18,19). The van der Waals surface area contributed by atoms with Crippen LogP contribution in [0.2, 0.25) is 0 Å². The second-order valence-electron chi connectivity index (χ2n) is 4.83. The van der Waals surface area contributed by atoms with E-state index in [1.54, 1.807) is 55.3 Å². The maximum absolute atomic E-state index is 12.1. The molecule has 0 fully saturated rings. The molecule has 116 valence electrons. The number of rotatable bonds is 7. The number of carboxylic acids is 1. The Labute approximate surface area is 124 Å². The second-order valence-corrected chi connectivity index (χ2v) is 4.83. The Bertz CT molecular complexity index is 490. The molecule has 0 atom stereocenters. The Balaban J connectivity index is 2.58. The first kappa shape index (κ1) is 17.0. The average molecular weight is 294 g/mol. The zero-order valence-electron chi connectivity index (χ0n) is 12.7. The number of nitrogens with zero attached hydrogens (tertiary/aromatic N) is 2. The van der Waals surface area contributed by atoms with Crippen molar-refractivity contribution >= 4 is 12.0 Å². The topological polar surface area (TPSA) is 70.1 Å². The number of urea groups is 1. The van der Waals surface area contributed by atoms with Crippen LogP contribution in [0.4, 0.5) is 4.79 Å². The van der Waals surface area contributed by atoms with Gasteiger partial charge in [0.1, 0.15) is 0 Å². The van der Waals surface area contributed by atoms with E-state index in [2.05, 4.69) is 0 Å². The van der Waals surface area contributed by atoms with Crippen molar-refractivity contribution in [2.24, 2.45) is 0 Å². The van der Waals surface area contributed by atoms with Gasteiger partial charge in [-0.2, -0.15) is 0 Å². The van der Waals surface area contributed by atoms with Gasteiger partial charge in [-0.05, 0) is 18.1 Å². The first-order valence-electron chi connectivity index (χ1n) is 6.73. The number of benzene rings is 1. The number of aromatic carboxylic acids is 1. The van der Waals surface area contributed by atoms with Crippen LogP contribution in [0.5, 0.6) is 0 Å². The van der Waals surface area contributed by atoms with E-state index in [1.807, 2.05) is 0 Å². The lowest BCUT2D eigenvalue weighted by atomic mass is 10.0. The summed E-state index contributed by atoms with van der Waals surface area (Å²) in [6, 6.07) is 6.73. The highest BCUT2D eigenvalue weighted by atomic mass is 16.5. The summed E-state index contributed by atoms with van der Waals surface area (Å²) in [6.45, 7) is 1.46. The van der Waals surface area contributed by atoms with E-state index < -0.39 is 5.97 Å². The van der Waals surface area contributed by atoms with Gasteiger partial charge in [0, 0.05) is 34.3 Å². The van der Waals surface area contributed by atoms with Crippen LogP contribution in [0.25, 0.3) is 0 Å². The quantitative estimate of drug-likeness (QED) is 0.828. The molecule has 6 nitrogen and oxygen atoms in total. The molecule has 0 radical (unpaired) electrons. The fourth-order valence-corrected chi connectivity index (χ4v) is 1.95. The van der Waals surface area contributed by atoms with Gasteiger partial charge < -0.3 is 19.6 Å². The molecule has 0 spiro atoms. The molecule has 0 bridgehead atoms. The van der Waals surface area contributed by atoms with Crippen molar-refractivity contribution in [3.05, 3.63) is 35.4 Å². The summed E-state index contributed by atoms with van der Waals surface area (Å²) < 4.78 is 4.94. The Kier molecular flexibility index (Phi) is 6.68. The number of hydrogen-bond donors (Lipinski definition) is 1. The molecule has 1 N–H and O–H groups in total. The minimum Gasteiger partial charge on any atom is -0.478 e. The van der Waals surface area contributed by atoms with Crippen molar-refractivity contribution in [2.75, 3.05) is 40.9 Å².